The van der Waals surface area contributed by atoms with Gasteiger partial charge in [-0.1, -0.05) is 55.5 Å². The molecule has 3 rings (SSSR count). The maximum Gasteiger partial charge on any atom is 0.0795 e. The van der Waals surface area contributed by atoms with Gasteiger partial charge in [-0.3, -0.25) is 0 Å². The van der Waals surface area contributed by atoms with Crippen LogP contribution < -0.4 is 0 Å². The Hall–Kier alpha value is -1.60. The van der Waals surface area contributed by atoms with Crippen LogP contribution in [0.25, 0.3) is 0 Å². The van der Waals surface area contributed by atoms with E-state index in [4.69, 9.17) is 0 Å². The topological polar surface area (TPSA) is 20.2 Å². The van der Waals surface area contributed by atoms with E-state index in [0.29, 0.717) is 5.92 Å². The third kappa shape index (κ3) is 2.94. The second kappa shape index (κ2) is 5.80. The minimum absolute atomic E-state index is 0.293. The number of hydrogen-bond donors (Lipinski definition) is 1. The predicted molar refractivity (Wildman–Crippen MR) is 82.8 cm³/mol. The van der Waals surface area contributed by atoms with E-state index in [2.05, 4.69) is 49.4 Å². The summed E-state index contributed by atoms with van der Waals surface area (Å²) in [5.74, 6) is 0.606. The molecule has 2 aromatic carbocycles. The number of rotatable bonds is 2. The highest BCUT2D eigenvalue weighted by Gasteiger charge is 2.20. The van der Waals surface area contributed by atoms with Gasteiger partial charge in [-0.25, -0.2) is 0 Å². The highest BCUT2D eigenvalue weighted by Crippen LogP contribution is 2.32. The summed E-state index contributed by atoms with van der Waals surface area (Å²) in [6, 6.07) is 17.2. The Morgan fingerprint density at radius 2 is 1.85 bits per heavy atom. The normalized spacial score (nSPS) is 22.1. The molecule has 0 radical (unpaired) electrons. The molecule has 0 spiro atoms. The van der Waals surface area contributed by atoms with Crippen molar-refractivity contribution in [3.8, 4) is 0 Å². The van der Waals surface area contributed by atoms with E-state index in [9.17, 15) is 5.11 Å². The van der Waals surface area contributed by atoms with Crippen molar-refractivity contribution < 1.29 is 5.11 Å². The fourth-order valence-corrected chi connectivity index (χ4v) is 3.15. The van der Waals surface area contributed by atoms with Crippen molar-refractivity contribution in [2.24, 2.45) is 5.92 Å². The molecular formula is C19H22O. The predicted octanol–water partition coefficient (Wildman–Crippen LogP) is 4.28. The molecule has 0 aromatic heterocycles. The molecule has 0 bridgehead atoms. The summed E-state index contributed by atoms with van der Waals surface area (Å²) in [4.78, 5) is 0. The molecule has 1 N–H and O–H groups in total. The third-order valence-corrected chi connectivity index (χ3v) is 4.35. The lowest BCUT2D eigenvalue weighted by atomic mass is 9.95. The molecule has 2 atom stereocenters. The molecule has 0 saturated heterocycles. The maximum atomic E-state index is 10.4. The van der Waals surface area contributed by atoms with Crippen LogP contribution in [0.1, 0.15) is 48.1 Å². The summed E-state index contributed by atoms with van der Waals surface area (Å²) < 4.78 is 0. The highest BCUT2D eigenvalue weighted by atomic mass is 16.3. The van der Waals surface area contributed by atoms with Crippen LogP contribution in [0.5, 0.6) is 0 Å². The van der Waals surface area contributed by atoms with Gasteiger partial charge in [0, 0.05) is 0 Å². The molecule has 0 heterocycles. The zero-order valence-electron chi connectivity index (χ0n) is 12.0. The first-order valence-electron chi connectivity index (χ1n) is 7.56. The van der Waals surface area contributed by atoms with Gasteiger partial charge in [-0.15, -0.1) is 0 Å². The Labute approximate surface area is 121 Å². The van der Waals surface area contributed by atoms with Crippen LogP contribution in [0.4, 0.5) is 0 Å². The molecule has 1 aliphatic carbocycles. The van der Waals surface area contributed by atoms with Crippen molar-refractivity contribution in [3.63, 3.8) is 0 Å². The Morgan fingerprint density at radius 3 is 2.65 bits per heavy atom. The first-order chi connectivity index (χ1) is 9.72. The van der Waals surface area contributed by atoms with Crippen molar-refractivity contribution in [1.82, 2.24) is 0 Å². The van der Waals surface area contributed by atoms with E-state index in [1.54, 1.807) is 0 Å². The Kier molecular flexibility index (Phi) is 3.88. The van der Waals surface area contributed by atoms with Crippen molar-refractivity contribution in [3.05, 3.63) is 70.8 Å². The van der Waals surface area contributed by atoms with Gasteiger partial charge in [0.25, 0.3) is 0 Å². The van der Waals surface area contributed by atoms with E-state index >= 15 is 0 Å². The van der Waals surface area contributed by atoms with Gasteiger partial charge in [0.2, 0.25) is 0 Å². The van der Waals surface area contributed by atoms with Gasteiger partial charge < -0.3 is 5.11 Å². The third-order valence-electron chi connectivity index (χ3n) is 4.35. The van der Waals surface area contributed by atoms with Crippen molar-refractivity contribution in [2.45, 2.75) is 38.7 Å². The van der Waals surface area contributed by atoms with Crippen LogP contribution >= 0.6 is 0 Å². The van der Waals surface area contributed by atoms with Crippen LogP contribution in [0.15, 0.2) is 48.5 Å². The number of hydrogen-bond acceptors (Lipinski definition) is 1. The zero-order chi connectivity index (χ0) is 13.9. The summed E-state index contributed by atoms with van der Waals surface area (Å²) >= 11 is 0. The molecular weight excluding hydrogens is 244 g/mol. The summed E-state index contributed by atoms with van der Waals surface area (Å²) in [6.07, 6.45) is 3.82. The van der Waals surface area contributed by atoms with Crippen LogP contribution in [0, 0.1) is 5.92 Å². The summed E-state index contributed by atoms with van der Waals surface area (Å²) in [6.45, 7) is 2.24. The molecule has 20 heavy (non-hydrogen) atoms. The van der Waals surface area contributed by atoms with E-state index < -0.39 is 0 Å². The van der Waals surface area contributed by atoms with Crippen molar-refractivity contribution >= 4 is 0 Å². The van der Waals surface area contributed by atoms with E-state index in [1.165, 1.54) is 23.1 Å². The van der Waals surface area contributed by atoms with Gasteiger partial charge in [0.15, 0.2) is 0 Å². The van der Waals surface area contributed by atoms with Crippen LogP contribution in [-0.2, 0) is 12.8 Å². The average Bonchev–Trinajstić information content (AvgIpc) is 2.59. The first kappa shape index (κ1) is 13.4. The number of benzene rings is 2. The highest BCUT2D eigenvalue weighted by molar-refractivity contribution is 5.37. The molecule has 2 aromatic rings. The molecule has 0 aliphatic heterocycles. The number of aliphatic hydroxyl groups excluding tert-OH is 1. The number of fused-ring (bicyclic) bond motifs is 1. The van der Waals surface area contributed by atoms with Gasteiger partial charge >= 0.3 is 0 Å². The monoisotopic (exact) mass is 266 g/mol. The first-order valence-corrected chi connectivity index (χ1v) is 7.56. The van der Waals surface area contributed by atoms with Gasteiger partial charge in [0.1, 0.15) is 0 Å². The van der Waals surface area contributed by atoms with Crippen LogP contribution in [-0.4, -0.2) is 5.11 Å². The Morgan fingerprint density at radius 1 is 1.05 bits per heavy atom. The smallest absolute Gasteiger partial charge is 0.0795 e. The second-order valence-electron chi connectivity index (χ2n) is 6.09. The van der Waals surface area contributed by atoms with Crippen molar-refractivity contribution in [2.75, 3.05) is 0 Å². The Bertz CT molecular complexity index is 574. The van der Waals surface area contributed by atoms with E-state index in [0.717, 1.165) is 24.8 Å². The average molecular weight is 266 g/mol. The number of aryl methyl sites for hydroxylation is 1. The molecule has 104 valence electrons. The lowest BCUT2D eigenvalue weighted by Crippen LogP contribution is -2.02. The van der Waals surface area contributed by atoms with E-state index in [1.807, 2.05) is 6.07 Å². The lowest BCUT2D eigenvalue weighted by Gasteiger charge is -2.14. The van der Waals surface area contributed by atoms with Crippen molar-refractivity contribution in [1.29, 1.82) is 0 Å². The largest absolute Gasteiger partial charge is 0.388 e. The fraction of sp³-hybridized carbons (Fsp3) is 0.368. The summed E-state index contributed by atoms with van der Waals surface area (Å²) in [5, 5.41) is 10.4. The quantitative estimate of drug-likeness (QED) is 0.804. The van der Waals surface area contributed by atoms with Gasteiger partial charge in [-0.05, 0) is 53.9 Å². The Balaban J connectivity index is 1.87. The molecule has 1 aliphatic rings. The molecule has 1 heteroatoms. The molecule has 0 amide bonds. The lowest BCUT2D eigenvalue weighted by molar-refractivity contribution is 0.150. The zero-order valence-corrected chi connectivity index (χ0v) is 12.0. The molecule has 2 unspecified atom stereocenters. The standard InChI is InChI=1S/C19H22O/c1-14-7-9-17-10-8-16(13-18(17)19(20)11-14)12-15-5-3-2-4-6-15/h2-6,8,10,13-14,19-20H,7,9,11-12H2,1H3. The summed E-state index contributed by atoms with van der Waals surface area (Å²) in [7, 11) is 0. The molecule has 0 fully saturated rings. The molecule has 1 nitrogen and oxygen atoms in total. The molecule has 0 saturated carbocycles. The minimum Gasteiger partial charge on any atom is -0.388 e. The summed E-state index contributed by atoms with van der Waals surface area (Å²) in [5.41, 5.74) is 5.11. The van der Waals surface area contributed by atoms with Crippen LogP contribution in [0.3, 0.4) is 0 Å². The second-order valence-corrected chi connectivity index (χ2v) is 6.09. The fourth-order valence-electron chi connectivity index (χ4n) is 3.15. The number of aliphatic hydroxyl groups is 1. The minimum atomic E-state index is -0.293. The van der Waals surface area contributed by atoms with Gasteiger partial charge in [0.05, 0.1) is 6.10 Å². The van der Waals surface area contributed by atoms with E-state index in [-0.39, 0.29) is 6.10 Å². The van der Waals surface area contributed by atoms with Crippen LogP contribution in [0.2, 0.25) is 0 Å². The maximum absolute atomic E-state index is 10.4. The SMILES string of the molecule is CC1CCc2ccc(Cc3ccccc3)cc2C(O)C1. The van der Waals surface area contributed by atoms with Gasteiger partial charge in [-0.2, -0.15) is 0 Å².